The summed E-state index contributed by atoms with van der Waals surface area (Å²) in [7, 11) is 0. The van der Waals surface area contributed by atoms with Crippen molar-refractivity contribution >= 4 is 40.0 Å². The minimum absolute atomic E-state index is 0.0564. The Balaban J connectivity index is 1.99. The second kappa shape index (κ2) is 9.18. The summed E-state index contributed by atoms with van der Waals surface area (Å²) in [5.41, 5.74) is 5.40. The number of carbonyl (C=O) groups excluding carboxylic acids is 4. The molecule has 3 amide bonds. The molecule has 0 fully saturated rings. The number of amides is 3. The first-order valence-electron chi connectivity index (χ1n) is 8.43. The molecule has 0 aromatic carbocycles. The van der Waals surface area contributed by atoms with E-state index >= 15 is 0 Å². The molecule has 0 unspecified atom stereocenters. The highest BCUT2D eigenvalue weighted by molar-refractivity contribution is 7.14. The second-order valence-electron chi connectivity index (χ2n) is 6.27. The Kier molecular flexibility index (Phi) is 6.94. The van der Waals surface area contributed by atoms with Gasteiger partial charge in [-0.3, -0.25) is 14.4 Å². The molecule has 150 valence electrons. The normalized spacial score (nSPS) is 12.9. The van der Waals surface area contributed by atoms with E-state index in [1.165, 1.54) is 25.3 Å². The van der Waals surface area contributed by atoms with E-state index < -0.39 is 35.8 Å². The largest absolute Gasteiger partial charge is 0.459 e. The Morgan fingerprint density at radius 1 is 1.18 bits per heavy atom. The Hall–Kier alpha value is -3.14. The molecule has 2 atom stereocenters. The Morgan fingerprint density at radius 2 is 1.89 bits per heavy atom. The van der Waals surface area contributed by atoms with Gasteiger partial charge in [-0.05, 0) is 36.4 Å². The maximum absolute atomic E-state index is 12.5. The van der Waals surface area contributed by atoms with Gasteiger partial charge in [-0.1, -0.05) is 13.8 Å². The second-order valence-corrected chi connectivity index (χ2v) is 7.18. The molecule has 0 bridgehead atoms. The summed E-state index contributed by atoms with van der Waals surface area (Å²) in [5, 5.41) is 6.91. The lowest BCUT2D eigenvalue weighted by atomic mass is 10.0. The molecule has 2 rings (SSSR count). The first kappa shape index (κ1) is 21.2. The van der Waals surface area contributed by atoms with E-state index in [2.05, 4.69) is 10.6 Å². The van der Waals surface area contributed by atoms with Crippen LogP contribution in [-0.4, -0.2) is 35.8 Å². The van der Waals surface area contributed by atoms with Crippen LogP contribution in [0.5, 0.6) is 0 Å². The minimum Gasteiger partial charge on any atom is -0.459 e. The molecule has 0 aliphatic heterocycles. The predicted octanol–water partition coefficient (Wildman–Crippen LogP) is 1.76. The number of nitrogens with two attached hydrogens (primary N) is 1. The van der Waals surface area contributed by atoms with E-state index in [0.29, 0.717) is 0 Å². The smallest absolute Gasteiger partial charge is 0.329 e. The number of hydrogen-bond donors (Lipinski definition) is 3. The van der Waals surface area contributed by atoms with Crippen molar-refractivity contribution in [3.05, 3.63) is 41.2 Å². The van der Waals surface area contributed by atoms with Crippen LogP contribution in [0, 0.1) is 5.92 Å². The van der Waals surface area contributed by atoms with Crippen LogP contribution in [0.4, 0.5) is 5.00 Å². The molecule has 0 radical (unpaired) electrons. The monoisotopic (exact) mass is 407 g/mol. The molecule has 0 saturated heterocycles. The van der Waals surface area contributed by atoms with E-state index in [4.69, 9.17) is 14.9 Å². The number of ether oxygens (including phenoxy) is 1. The number of hydrogen-bond acceptors (Lipinski definition) is 7. The van der Waals surface area contributed by atoms with Gasteiger partial charge in [-0.25, -0.2) is 4.79 Å². The fourth-order valence-electron chi connectivity index (χ4n) is 2.23. The van der Waals surface area contributed by atoms with Gasteiger partial charge in [0.05, 0.1) is 11.8 Å². The van der Waals surface area contributed by atoms with Crippen LogP contribution in [-0.2, 0) is 14.3 Å². The molecule has 0 aliphatic rings. The van der Waals surface area contributed by atoms with Gasteiger partial charge in [-0.15, -0.1) is 11.3 Å². The summed E-state index contributed by atoms with van der Waals surface area (Å²) in [5.74, 6) is -2.87. The summed E-state index contributed by atoms with van der Waals surface area (Å²) in [4.78, 5) is 48.2. The third-order valence-corrected chi connectivity index (χ3v) is 4.61. The summed E-state index contributed by atoms with van der Waals surface area (Å²) in [6.45, 7) is 4.84. The highest BCUT2D eigenvalue weighted by Gasteiger charge is 2.30. The number of primary amides is 1. The average Bonchev–Trinajstić information content (AvgIpc) is 3.30. The molecule has 0 spiro atoms. The first-order chi connectivity index (χ1) is 13.2. The predicted molar refractivity (Wildman–Crippen MR) is 102 cm³/mol. The van der Waals surface area contributed by atoms with Gasteiger partial charge in [0, 0.05) is 0 Å². The molecule has 10 heteroatoms. The van der Waals surface area contributed by atoms with Crippen molar-refractivity contribution in [3.8, 4) is 0 Å². The number of nitrogens with one attached hydrogen (secondary N) is 2. The zero-order chi connectivity index (χ0) is 20.8. The van der Waals surface area contributed by atoms with Crippen LogP contribution < -0.4 is 16.4 Å². The van der Waals surface area contributed by atoms with E-state index in [0.717, 1.165) is 11.3 Å². The minimum atomic E-state index is -1.16. The molecule has 28 heavy (non-hydrogen) atoms. The van der Waals surface area contributed by atoms with Crippen LogP contribution in [0.15, 0.2) is 34.3 Å². The lowest BCUT2D eigenvalue weighted by Gasteiger charge is -2.22. The molecule has 9 nitrogen and oxygen atoms in total. The summed E-state index contributed by atoms with van der Waals surface area (Å²) in [6, 6.07) is 3.52. The summed E-state index contributed by atoms with van der Waals surface area (Å²) in [6.07, 6.45) is 0.187. The molecule has 0 aliphatic carbocycles. The van der Waals surface area contributed by atoms with Gasteiger partial charge < -0.3 is 25.5 Å². The number of rotatable bonds is 8. The van der Waals surface area contributed by atoms with E-state index in [1.807, 2.05) is 0 Å². The molecular formula is C18H21N3O6S. The van der Waals surface area contributed by atoms with Gasteiger partial charge in [0.2, 0.25) is 0 Å². The van der Waals surface area contributed by atoms with Crippen LogP contribution >= 0.6 is 11.3 Å². The zero-order valence-electron chi connectivity index (χ0n) is 15.6. The average molecular weight is 407 g/mol. The molecule has 2 aromatic heterocycles. The van der Waals surface area contributed by atoms with Crippen molar-refractivity contribution in [2.45, 2.75) is 32.9 Å². The van der Waals surface area contributed by atoms with Crippen molar-refractivity contribution < 1.29 is 28.3 Å². The van der Waals surface area contributed by atoms with Crippen LogP contribution in [0.2, 0.25) is 0 Å². The van der Waals surface area contributed by atoms with E-state index in [9.17, 15) is 19.2 Å². The van der Waals surface area contributed by atoms with Gasteiger partial charge in [0.15, 0.2) is 11.9 Å². The topological polar surface area (TPSA) is 141 Å². The summed E-state index contributed by atoms with van der Waals surface area (Å²) >= 11 is 1.12. The lowest BCUT2D eigenvalue weighted by molar-refractivity contribution is -0.156. The van der Waals surface area contributed by atoms with E-state index in [1.54, 1.807) is 25.3 Å². The van der Waals surface area contributed by atoms with Crippen LogP contribution in [0.1, 0.15) is 41.7 Å². The zero-order valence-corrected chi connectivity index (χ0v) is 16.4. The lowest BCUT2D eigenvalue weighted by Crippen LogP contribution is -2.47. The quantitative estimate of drug-likeness (QED) is 0.570. The van der Waals surface area contributed by atoms with E-state index in [-0.39, 0.29) is 22.2 Å². The summed E-state index contributed by atoms with van der Waals surface area (Å²) < 4.78 is 10.2. The van der Waals surface area contributed by atoms with Gasteiger partial charge >= 0.3 is 5.97 Å². The number of furan rings is 1. The first-order valence-corrected chi connectivity index (χ1v) is 9.31. The molecule has 2 heterocycles. The third kappa shape index (κ3) is 5.19. The SMILES string of the molecule is CC(C)[C@H](NC(=O)c1ccco1)C(=O)O[C@H](C)C(=O)Nc1sccc1C(N)=O. The molecule has 4 N–H and O–H groups in total. The van der Waals surface area contributed by atoms with Gasteiger partial charge in [0.1, 0.15) is 11.0 Å². The Bertz CT molecular complexity index is 859. The van der Waals surface area contributed by atoms with Gasteiger partial charge in [-0.2, -0.15) is 0 Å². The molecule has 0 saturated carbocycles. The van der Waals surface area contributed by atoms with Crippen molar-refractivity contribution in [1.82, 2.24) is 5.32 Å². The number of anilines is 1. The van der Waals surface area contributed by atoms with Crippen molar-refractivity contribution in [2.24, 2.45) is 11.7 Å². The molecular weight excluding hydrogens is 386 g/mol. The Morgan fingerprint density at radius 3 is 2.46 bits per heavy atom. The molecule has 2 aromatic rings. The van der Waals surface area contributed by atoms with Crippen molar-refractivity contribution in [3.63, 3.8) is 0 Å². The number of carbonyl (C=O) groups is 4. The number of thiophene rings is 1. The highest BCUT2D eigenvalue weighted by Crippen LogP contribution is 2.23. The third-order valence-electron chi connectivity index (χ3n) is 3.78. The maximum Gasteiger partial charge on any atom is 0.329 e. The standard InChI is InChI=1S/C18H21N3O6S/c1-9(2)13(20-16(24)12-5-4-7-26-12)18(25)27-10(3)15(23)21-17-11(14(19)22)6-8-28-17/h4-10,13H,1-3H3,(H2,19,22)(H,20,24)(H,21,23)/t10-,13+/m1/s1. The maximum atomic E-state index is 12.5. The number of esters is 1. The van der Waals surface area contributed by atoms with Crippen LogP contribution in [0.25, 0.3) is 0 Å². The van der Waals surface area contributed by atoms with Gasteiger partial charge in [0.25, 0.3) is 17.7 Å². The van der Waals surface area contributed by atoms with Crippen LogP contribution in [0.3, 0.4) is 0 Å². The fourth-order valence-corrected chi connectivity index (χ4v) is 3.03. The Labute approximate surface area is 165 Å². The van der Waals surface area contributed by atoms with Crippen molar-refractivity contribution in [1.29, 1.82) is 0 Å². The fraction of sp³-hybridized carbons (Fsp3) is 0.333. The van der Waals surface area contributed by atoms with Crippen molar-refractivity contribution in [2.75, 3.05) is 5.32 Å². The highest BCUT2D eigenvalue weighted by atomic mass is 32.1.